The minimum atomic E-state index is -0.249. The van der Waals surface area contributed by atoms with Gasteiger partial charge in [0.1, 0.15) is 5.75 Å². The molecule has 1 heterocycles. The summed E-state index contributed by atoms with van der Waals surface area (Å²) in [6.45, 7) is 3.63. The lowest BCUT2D eigenvalue weighted by molar-refractivity contribution is -0.142. The summed E-state index contributed by atoms with van der Waals surface area (Å²) in [7, 11) is 1.55. The van der Waals surface area contributed by atoms with Gasteiger partial charge in [0.2, 0.25) is 17.7 Å². The highest BCUT2D eigenvalue weighted by Crippen LogP contribution is 2.32. The molecule has 0 atom stereocenters. The standard InChI is InChI=1S/C21H29N3O4/c1-3-23(14-19(25)22-17-6-4-5-7-18(17)28-2)20(26)16-10-12-24(13-11-16)21(27)15-8-9-15/h4-7,15-16H,3,8-14H2,1-2H3,(H,22,25). The van der Waals surface area contributed by atoms with E-state index in [1.54, 1.807) is 24.1 Å². The van der Waals surface area contributed by atoms with Crippen LogP contribution in [0, 0.1) is 11.8 Å². The van der Waals surface area contributed by atoms with E-state index in [9.17, 15) is 14.4 Å². The highest BCUT2D eigenvalue weighted by atomic mass is 16.5. The van der Waals surface area contributed by atoms with Crippen LogP contribution in [0.3, 0.4) is 0 Å². The summed E-state index contributed by atoms with van der Waals surface area (Å²) in [4.78, 5) is 41.0. The normalized spacial score (nSPS) is 17.1. The summed E-state index contributed by atoms with van der Waals surface area (Å²) in [5, 5.41) is 2.81. The van der Waals surface area contributed by atoms with E-state index in [2.05, 4.69) is 5.32 Å². The molecule has 2 aliphatic rings. The number of rotatable bonds is 7. The smallest absolute Gasteiger partial charge is 0.244 e. The number of hydrogen-bond donors (Lipinski definition) is 1. The average molecular weight is 387 g/mol. The summed E-state index contributed by atoms with van der Waals surface area (Å²) in [5.41, 5.74) is 0.588. The number of amides is 3. The van der Waals surface area contributed by atoms with E-state index in [1.807, 2.05) is 24.0 Å². The van der Waals surface area contributed by atoms with E-state index in [0.29, 0.717) is 43.9 Å². The first-order chi connectivity index (χ1) is 13.5. The molecule has 1 aliphatic heterocycles. The summed E-state index contributed by atoms with van der Waals surface area (Å²) in [6.07, 6.45) is 3.34. The van der Waals surface area contributed by atoms with Crippen LogP contribution in [0.25, 0.3) is 0 Å². The van der Waals surface area contributed by atoms with Crippen LogP contribution in [-0.4, -0.2) is 60.8 Å². The number of piperidine rings is 1. The number of ether oxygens (including phenoxy) is 1. The van der Waals surface area contributed by atoms with Crippen LogP contribution in [0.4, 0.5) is 5.69 Å². The molecule has 0 unspecified atom stereocenters. The lowest BCUT2D eigenvalue weighted by Gasteiger charge is -2.34. The SMILES string of the molecule is CCN(CC(=O)Nc1ccccc1OC)C(=O)C1CCN(C(=O)C2CC2)CC1. The van der Waals surface area contributed by atoms with E-state index in [1.165, 1.54) is 0 Å². The molecule has 7 heteroatoms. The quantitative estimate of drug-likeness (QED) is 0.777. The van der Waals surface area contributed by atoms with Gasteiger partial charge < -0.3 is 19.9 Å². The molecule has 0 spiro atoms. The monoisotopic (exact) mass is 387 g/mol. The van der Waals surface area contributed by atoms with Crippen LogP contribution in [0.15, 0.2) is 24.3 Å². The van der Waals surface area contributed by atoms with Crippen molar-refractivity contribution in [3.8, 4) is 5.75 Å². The van der Waals surface area contributed by atoms with E-state index in [0.717, 1.165) is 12.8 Å². The molecular weight excluding hydrogens is 358 g/mol. The second-order valence-electron chi connectivity index (χ2n) is 7.47. The van der Waals surface area contributed by atoms with Crippen molar-refractivity contribution >= 4 is 23.4 Å². The Kier molecular flexibility index (Phi) is 6.54. The number of carbonyl (C=O) groups is 3. The van der Waals surface area contributed by atoms with Crippen LogP contribution < -0.4 is 10.1 Å². The van der Waals surface area contributed by atoms with Gasteiger partial charge in [-0.3, -0.25) is 14.4 Å². The van der Waals surface area contributed by atoms with Crippen LogP contribution in [-0.2, 0) is 14.4 Å². The van der Waals surface area contributed by atoms with Gasteiger partial charge >= 0.3 is 0 Å². The Balaban J connectivity index is 1.52. The number of hydrogen-bond acceptors (Lipinski definition) is 4. The first kappa shape index (κ1) is 20.2. The van der Waals surface area contributed by atoms with Crippen molar-refractivity contribution in [2.24, 2.45) is 11.8 Å². The molecule has 1 saturated carbocycles. The predicted molar refractivity (Wildman–Crippen MR) is 106 cm³/mol. The number of nitrogens with zero attached hydrogens (tertiary/aromatic N) is 2. The third kappa shape index (κ3) is 4.82. The average Bonchev–Trinajstić information content (AvgIpc) is 3.57. The van der Waals surface area contributed by atoms with Crippen molar-refractivity contribution in [3.63, 3.8) is 0 Å². The third-order valence-electron chi connectivity index (χ3n) is 5.49. The molecule has 28 heavy (non-hydrogen) atoms. The van der Waals surface area contributed by atoms with Crippen LogP contribution in [0.2, 0.25) is 0 Å². The van der Waals surface area contributed by atoms with Crippen molar-refractivity contribution in [3.05, 3.63) is 24.3 Å². The number of likely N-dealkylation sites (tertiary alicyclic amines) is 1. The van der Waals surface area contributed by atoms with E-state index in [-0.39, 0.29) is 36.1 Å². The van der Waals surface area contributed by atoms with E-state index < -0.39 is 0 Å². The third-order valence-corrected chi connectivity index (χ3v) is 5.49. The lowest BCUT2D eigenvalue weighted by Crippen LogP contribution is -2.46. The Bertz CT molecular complexity index is 724. The number of para-hydroxylation sites is 2. The Hall–Kier alpha value is -2.57. The van der Waals surface area contributed by atoms with Crippen molar-refractivity contribution in [2.45, 2.75) is 32.6 Å². The second-order valence-corrected chi connectivity index (χ2v) is 7.47. The molecule has 0 radical (unpaired) electrons. The molecule has 1 N–H and O–H groups in total. The maximum absolute atomic E-state index is 12.9. The highest BCUT2D eigenvalue weighted by molar-refractivity contribution is 5.96. The molecule has 152 valence electrons. The highest BCUT2D eigenvalue weighted by Gasteiger charge is 2.36. The number of carbonyl (C=O) groups excluding carboxylic acids is 3. The van der Waals surface area contributed by atoms with Gasteiger partial charge in [-0.1, -0.05) is 12.1 Å². The molecule has 1 aromatic rings. The second kappa shape index (κ2) is 9.08. The molecule has 1 aromatic carbocycles. The van der Waals surface area contributed by atoms with Crippen molar-refractivity contribution in [2.75, 3.05) is 38.6 Å². The number of methoxy groups -OCH3 is 1. The van der Waals surface area contributed by atoms with Crippen LogP contribution >= 0.6 is 0 Å². The van der Waals surface area contributed by atoms with Crippen molar-refractivity contribution in [1.29, 1.82) is 0 Å². The molecule has 3 amide bonds. The molecular formula is C21H29N3O4. The Labute approximate surface area is 166 Å². The molecule has 3 rings (SSSR count). The Morgan fingerprint density at radius 2 is 1.79 bits per heavy atom. The minimum Gasteiger partial charge on any atom is -0.495 e. The largest absolute Gasteiger partial charge is 0.495 e. The number of benzene rings is 1. The van der Waals surface area contributed by atoms with Gasteiger partial charge in [0, 0.05) is 31.5 Å². The molecule has 1 saturated heterocycles. The maximum atomic E-state index is 12.9. The van der Waals surface area contributed by atoms with Gasteiger partial charge in [0.25, 0.3) is 0 Å². The van der Waals surface area contributed by atoms with E-state index >= 15 is 0 Å². The Morgan fingerprint density at radius 1 is 1.11 bits per heavy atom. The van der Waals surface area contributed by atoms with Crippen molar-refractivity contribution < 1.29 is 19.1 Å². The van der Waals surface area contributed by atoms with Gasteiger partial charge in [-0.15, -0.1) is 0 Å². The zero-order valence-corrected chi connectivity index (χ0v) is 16.6. The van der Waals surface area contributed by atoms with Crippen molar-refractivity contribution in [1.82, 2.24) is 9.80 Å². The molecule has 1 aliphatic carbocycles. The summed E-state index contributed by atoms with van der Waals surface area (Å²) in [5.74, 6) is 0.671. The molecule has 0 aromatic heterocycles. The van der Waals surface area contributed by atoms with Crippen LogP contribution in [0.5, 0.6) is 5.75 Å². The Morgan fingerprint density at radius 3 is 2.39 bits per heavy atom. The first-order valence-electron chi connectivity index (χ1n) is 10.0. The van der Waals surface area contributed by atoms with Gasteiger partial charge in [-0.05, 0) is 44.7 Å². The summed E-state index contributed by atoms with van der Waals surface area (Å²) >= 11 is 0. The molecule has 2 fully saturated rings. The lowest BCUT2D eigenvalue weighted by atomic mass is 9.95. The van der Waals surface area contributed by atoms with Crippen LogP contribution in [0.1, 0.15) is 32.6 Å². The van der Waals surface area contributed by atoms with Gasteiger partial charge in [-0.25, -0.2) is 0 Å². The minimum absolute atomic E-state index is 0.00352. The molecule has 0 bridgehead atoms. The fourth-order valence-corrected chi connectivity index (χ4v) is 3.65. The van der Waals surface area contributed by atoms with E-state index in [4.69, 9.17) is 4.74 Å². The summed E-state index contributed by atoms with van der Waals surface area (Å²) < 4.78 is 5.24. The maximum Gasteiger partial charge on any atom is 0.244 e. The summed E-state index contributed by atoms with van der Waals surface area (Å²) in [6, 6.07) is 7.19. The van der Waals surface area contributed by atoms with Gasteiger partial charge in [0.05, 0.1) is 19.3 Å². The fraction of sp³-hybridized carbons (Fsp3) is 0.571. The topological polar surface area (TPSA) is 79.0 Å². The number of likely N-dealkylation sites (N-methyl/N-ethyl adjacent to an activating group) is 1. The first-order valence-corrected chi connectivity index (χ1v) is 10.0. The number of anilines is 1. The zero-order valence-electron chi connectivity index (χ0n) is 16.6. The van der Waals surface area contributed by atoms with Gasteiger partial charge in [0.15, 0.2) is 0 Å². The molecule has 7 nitrogen and oxygen atoms in total. The van der Waals surface area contributed by atoms with Gasteiger partial charge in [-0.2, -0.15) is 0 Å². The fourth-order valence-electron chi connectivity index (χ4n) is 3.65. The zero-order chi connectivity index (χ0) is 20.1. The number of nitrogens with one attached hydrogen (secondary N) is 1. The predicted octanol–water partition coefficient (Wildman–Crippen LogP) is 2.13.